The van der Waals surface area contributed by atoms with Crippen LogP contribution in [0.5, 0.6) is 0 Å². The summed E-state index contributed by atoms with van der Waals surface area (Å²) in [6.07, 6.45) is 3.06. The van der Waals surface area contributed by atoms with Crippen molar-refractivity contribution in [2.75, 3.05) is 12.3 Å². The molecule has 1 saturated heterocycles. The first-order valence-electron chi connectivity index (χ1n) is 6.02. The number of carbonyl (C=O) groups is 1. The average Bonchev–Trinajstić information content (AvgIpc) is 2.69. The van der Waals surface area contributed by atoms with Gasteiger partial charge in [0.1, 0.15) is 5.52 Å². The van der Waals surface area contributed by atoms with Gasteiger partial charge in [-0.15, -0.1) is 0 Å². The van der Waals surface area contributed by atoms with Crippen molar-refractivity contribution in [1.82, 2.24) is 19.9 Å². The first-order chi connectivity index (χ1) is 8.66. The van der Waals surface area contributed by atoms with E-state index in [-0.39, 0.29) is 11.9 Å². The van der Waals surface area contributed by atoms with Crippen molar-refractivity contribution in [3.8, 4) is 0 Å². The Kier molecular flexibility index (Phi) is 2.43. The summed E-state index contributed by atoms with van der Waals surface area (Å²) in [5.41, 5.74) is 8.69. The number of fused-ring (bicyclic) bond motifs is 1. The van der Waals surface area contributed by atoms with Crippen LogP contribution in [0.25, 0.3) is 11.2 Å². The molecular weight excluding hydrogens is 230 g/mol. The average molecular weight is 245 g/mol. The molecule has 0 spiro atoms. The highest BCUT2D eigenvalue weighted by atomic mass is 16.1. The highest BCUT2D eigenvalue weighted by molar-refractivity contribution is 5.79. The van der Waals surface area contributed by atoms with Crippen LogP contribution in [0.1, 0.15) is 24.4 Å². The SMILES string of the molecule is Cc1ccnc2c1nc(N)n2C1CCC(=O)NC1. The van der Waals surface area contributed by atoms with E-state index in [1.165, 1.54) is 0 Å². The number of hydrogen-bond donors (Lipinski definition) is 2. The molecule has 1 fully saturated rings. The lowest BCUT2D eigenvalue weighted by Crippen LogP contribution is -2.36. The Morgan fingerprint density at radius 2 is 2.39 bits per heavy atom. The number of nitrogen functional groups attached to an aromatic ring is 1. The van der Waals surface area contributed by atoms with Crippen LogP contribution in [-0.4, -0.2) is 27.0 Å². The molecule has 1 aliphatic heterocycles. The van der Waals surface area contributed by atoms with Crippen molar-refractivity contribution in [3.05, 3.63) is 17.8 Å². The van der Waals surface area contributed by atoms with Crippen LogP contribution in [0.2, 0.25) is 0 Å². The fourth-order valence-electron chi connectivity index (χ4n) is 2.43. The third-order valence-corrected chi connectivity index (χ3v) is 3.41. The Morgan fingerprint density at radius 3 is 3.11 bits per heavy atom. The number of amides is 1. The molecule has 3 rings (SSSR count). The van der Waals surface area contributed by atoms with Crippen molar-refractivity contribution in [1.29, 1.82) is 0 Å². The fourth-order valence-corrected chi connectivity index (χ4v) is 2.43. The number of nitrogens with zero attached hydrogens (tertiary/aromatic N) is 3. The second-order valence-corrected chi connectivity index (χ2v) is 4.64. The Balaban J connectivity index is 2.08. The van der Waals surface area contributed by atoms with Gasteiger partial charge in [-0.05, 0) is 25.0 Å². The summed E-state index contributed by atoms with van der Waals surface area (Å²) in [6.45, 7) is 2.58. The van der Waals surface area contributed by atoms with E-state index < -0.39 is 0 Å². The van der Waals surface area contributed by atoms with E-state index in [1.807, 2.05) is 17.6 Å². The number of pyridine rings is 1. The smallest absolute Gasteiger partial charge is 0.220 e. The number of nitrogens with two attached hydrogens (primary N) is 1. The maximum absolute atomic E-state index is 11.2. The van der Waals surface area contributed by atoms with Crippen LogP contribution < -0.4 is 11.1 Å². The monoisotopic (exact) mass is 245 g/mol. The molecule has 0 bridgehead atoms. The van der Waals surface area contributed by atoms with Gasteiger partial charge in [0.2, 0.25) is 11.9 Å². The van der Waals surface area contributed by atoms with Gasteiger partial charge in [0.15, 0.2) is 5.65 Å². The van der Waals surface area contributed by atoms with E-state index in [4.69, 9.17) is 5.73 Å². The summed E-state index contributed by atoms with van der Waals surface area (Å²) in [5.74, 6) is 0.561. The number of aromatic nitrogens is 3. The van der Waals surface area contributed by atoms with Gasteiger partial charge in [0.05, 0.1) is 6.04 Å². The minimum Gasteiger partial charge on any atom is -0.369 e. The molecular formula is C12H15N5O. The molecule has 2 aromatic heterocycles. The lowest BCUT2D eigenvalue weighted by atomic mass is 10.1. The first-order valence-corrected chi connectivity index (χ1v) is 6.02. The van der Waals surface area contributed by atoms with E-state index in [1.54, 1.807) is 6.20 Å². The summed E-state index contributed by atoms with van der Waals surface area (Å²) in [6, 6.07) is 2.06. The predicted octanol–water partition coefficient (Wildman–Crippen LogP) is 0.773. The second kappa shape index (κ2) is 3.97. The maximum Gasteiger partial charge on any atom is 0.220 e. The summed E-state index contributed by atoms with van der Waals surface area (Å²) in [4.78, 5) is 19.9. The molecule has 2 aromatic rings. The van der Waals surface area contributed by atoms with Crippen LogP contribution in [0.3, 0.4) is 0 Å². The number of anilines is 1. The number of piperidine rings is 1. The standard InChI is InChI=1S/C12H15N5O/c1-7-4-5-14-11-10(7)16-12(13)17(11)8-2-3-9(18)15-6-8/h4-5,8H,2-3,6H2,1H3,(H2,13,16)(H,15,18). The second-order valence-electron chi connectivity index (χ2n) is 4.64. The van der Waals surface area contributed by atoms with Gasteiger partial charge in [0, 0.05) is 19.2 Å². The lowest BCUT2D eigenvalue weighted by molar-refractivity contribution is -0.122. The van der Waals surface area contributed by atoms with Gasteiger partial charge in [-0.3, -0.25) is 9.36 Å². The molecule has 6 nitrogen and oxygen atoms in total. The van der Waals surface area contributed by atoms with E-state index >= 15 is 0 Å². The van der Waals surface area contributed by atoms with Crippen molar-refractivity contribution in [3.63, 3.8) is 0 Å². The third-order valence-electron chi connectivity index (χ3n) is 3.41. The van der Waals surface area contributed by atoms with Crippen LogP contribution in [-0.2, 0) is 4.79 Å². The third kappa shape index (κ3) is 1.61. The molecule has 6 heteroatoms. The Hall–Kier alpha value is -2.11. The maximum atomic E-state index is 11.2. The van der Waals surface area contributed by atoms with Crippen LogP contribution in [0.15, 0.2) is 12.3 Å². The largest absolute Gasteiger partial charge is 0.369 e. The van der Waals surface area contributed by atoms with Crippen molar-refractivity contribution in [2.45, 2.75) is 25.8 Å². The molecule has 1 atom stereocenters. The van der Waals surface area contributed by atoms with Crippen LogP contribution >= 0.6 is 0 Å². The number of aryl methyl sites for hydroxylation is 1. The number of imidazole rings is 1. The van der Waals surface area contributed by atoms with Crippen molar-refractivity contribution < 1.29 is 4.79 Å². The Labute approximate surface area is 104 Å². The summed E-state index contributed by atoms with van der Waals surface area (Å²) < 4.78 is 1.93. The van der Waals surface area contributed by atoms with E-state index in [2.05, 4.69) is 15.3 Å². The molecule has 1 amide bonds. The number of rotatable bonds is 1. The van der Waals surface area contributed by atoms with Crippen molar-refractivity contribution in [2.24, 2.45) is 0 Å². The van der Waals surface area contributed by atoms with Crippen LogP contribution in [0.4, 0.5) is 5.95 Å². The molecule has 3 heterocycles. The Morgan fingerprint density at radius 1 is 1.56 bits per heavy atom. The minimum absolute atomic E-state index is 0.0957. The zero-order chi connectivity index (χ0) is 12.7. The molecule has 18 heavy (non-hydrogen) atoms. The number of nitrogens with one attached hydrogen (secondary N) is 1. The molecule has 3 N–H and O–H groups in total. The molecule has 0 radical (unpaired) electrons. The summed E-state index contributed by atoms with van der Waals surface area (Å²) in [5, 5.41) is 2.86. The van der Waals surface area contributed by atoms with Gasteiger partial charge in [-0.25, -0.2) is 9.97 Å². The quantitative estimate of drug-likeness (QED) is 0.777. The molecule has 0 saturated carbocycles. The molecule has 0 aromatic carbocycles. The molecule has 94 valence electrons. The highest BCUT2D eigenvalue weighted by Crippen LogP contribution is 2.26. The lowest BCUT2D eigenvalue weighted by Gasteiger charge is -2.24. The predicted molar refractivity (Wildman–Crippen MR) is 68.0 cm³/mol. The molecule has 0 aliphatic carbocycles. The molecule has 1 unspecified atom stereocenters. The van der Waals surface area contributed by atoms with Crippen molar-refractivity contribution >= 4 is 23.0 Å². The normalized spacial score (nSPS) is 20.1. The number of hydrogen-bond acceptors (Lipinski definition) is 4. The van der Waals surface area contributed by atoms with Gasteiger partial charge in [0.25, 0.3) is 0 Å². The summed E-state index contributed by atoms with van der Waals surface area (Å²) in [7, 11) is 0. The highest BCUT2D eigenvalue weighted by Gasteiger charge is 2.24. The van der Waals surface area contributed by atoms with E-state index in [0.717, 1.165) is 23.1 Å². The summed E-state index contributed by atoms with van der Waals surface area (Å²) >= 11 is 0. The molecule has 1 aliphatic rings. The topological polar surface area (TPSA) is 85.8 Å². The minimum atomic E-state index is 0.0957. The zero-order valence-corrected chi connectivity index (χ0v) is 10.2. The number of carbonyl (C=O) groups excluding carboxylic acids is 1. The van der Waals surface area contributed by atoms with Gasteiger partial charge >= 0.3 is 0 Å². The van der Waals surface area contributed by atoms with Gasteiger partial charge in [-0.2, -0.15) is 0 Å². The van der Waals surface area contributed by atoms with Gasteiger partial charge < -0.3 is 11.1 Å². The van der Waals surface area contributed by atoms with Gasteiger partial charge in [-0.1, -0.05) is 0 Å². The zero-order valence-electron chi connectivity index (χ0n) is 10.2. The Bertz CT molecular complexity index is 608. The first kappa shape index (κ1) is 11.0. The fraction of sp³-hybridized carbons (Fsp3) is 0.417. The van der Waals surface area contributed by atoms with Crippen LogP contribution in [0, 0.1) is 6.92 Å². The van der Waals surface area contributed by atoms with E-state index in [9.17, 15) is 4.79 Å². The van der Waals surface area contributed by atoms with E-state index in [0.29, 0.717) is 18.9 Å².